The first-order valence-corrected chi connectivity index (χ1v) is 5.23. The molecular formula is C11H14F3NO2. The van der Waals surface area contributed by atoms with Crippen molar-refractivity contribution in [3.05, 3.63) is 23.5 Å². The van der Waals surface area contributed by atoms with E-state index in [1.807, 2.05) is 0 Å². The zero-order valence-corrected chi connectivity index (χ0v) is 9.60. The van der Waals surface area contributed by atoms with Gasteiger partial charge in [0.2, 0.25) is 0 Å². The van der Waals surface area contributed by atoms with Crippen molar-refractivity contribution in [1.29, 1.82) is 0 Å². The highest BCUT2D eigenvalue weighted by molar-refractivity contribution is 5.91. The van der Waals surface area contributed by atoms with Crippen molar-refractivity contribution < 1.29 is 22.7 Å². The Kier molecular flexibility index (Phi) is 4.20. The standard InChI is InChI=1S/C11H14F3NO2/c1-7(2)17-10(16)9-6-15-5-8(9)3-4-11(12,13)14/h5-7,15H,3-4H2,1-2H3. The van der Waals surface area contributed by atoms with Crippen molar-refractivity contribution in [3.63, 3.8) is 0 Å². The van der Waals surface area contributed by atoms with E-state index in [4.69, 9.17) is 4.74 Å². The molecule has 0 saturated carbocycles. The van der Waals surface area contributed by atoms with Crippen LogP contribution in [-0.2, 0) is 11.2 Å². The fourth-order valence-electron chi connectivity index (χ4n) is 1.35. The number of ether oxygens (including phenoxy) is 1. The summed E-state index contributed by atoms with van der Waals surface area (Å²) in [5.41, 5.74) is 0.496. The Balaban J connectivity index is 2.69. The van der Waals surface area contributed by atoms with E-state index in [-0.39, 0.29) is 18.1 Å². The number of carbonyl (C=O) groups is 1. The Bertz CT molecular complexity index is 382. The van der Waals surface area contributed by atoms with Crippen LogP contribution in [0, 0.1) is 0 Å². The number of alkyl halides is 3. The lowest BCUT2D eigenvalue weighted by atomic mass is 10.1. The molecule has 1 aromatic rings. The van der Waals surface area contributed by atoms with Gasteiger partial charge in [0.05, 0.1) is 11.7 Å². The fraction of sp³-hybridized carbons (Fsp3) is 0.545. The highest BCUT2D eigenvalue weighted by atomic mass is 19.4. The van der Waals surface area contributed by atoms with Crippen LogP contribution in [0.25, 0.3) is 0 Å². The summed E-state index contributed by atoms with van der Waals surface area (Å²) in [4.78, 5) is 14.2. The summed E-state index contributed by atoms with van der Waals surface area (Å²) in [7, 11) is 0. The molecule has 0 spiro atoms. The van der Waals surface area contributed by atoms with Crippen molar-refractivity contribution in [2.45, 2.75) is 39.0 Å². The molecule has 1 heterocycles. The maximum atomic E-state index is 12.1. The SMILES string of the molecule is CC(C)OC(=O)c1c[nH]cc1CCC(F)(F)F. The molecular weight excluding hydrogens is 235 g/mol. The van der Waals surface area contributed by atoms with Crippen molar-refractivity contribution in [1.82, 2.24) is 4.98 Å². The molecule has 0 atom stereocenters. The van der Waals surface area contributed by atoms with Gasteiger partial charge in [0.1, 0.15) is 0 Å². The summed E-state index contributed by atoms with van der Waals surface area (Å²) in [5, 5.41) is 0. The average molecular weight is 249 g/mol. The fourth-order valence-corrected chi connectivity index (χ4v) is 1.35. The second-order valence-corrected chi connectivity index (χ2v) is 3.96. The highest BCUT2D eigenvalue weighted by Gasteiger charge is 2.28. The molecule has 17 heavy (non-hydrogen) atoms. The highest BCUT2D eigenvalue weighted by Crippen LogP contribution is 2.23. The van der Waals surface area contributed by atoms with Crippen LogP contribution in [0.3, 0.4) is 0 Å². The molecule has 1 N–H and O–H groups in total. The van der Waals surface area contributed by atoms with Crippen LogP contribution in [0.4, 0.5) is 13.2 Å². The molecule has 0 saturated heterocycles. The summed E-state index contributed by atoms with van der Waals surface area (Å²) in [6, 6.07) is 0. The summed E-state index contributed by atoms with van der Waals surface area (Å²) >= 11 is 0. The molecule has 1 aromatic heterocycles. The lowest BCUT2D eigenvalue weighted by Gasteiger charge is -2.09. The van der Waals surface area contributed by atoms with Crippen molar-refractivity contribution >= 4 is 5.97 Å². The van der Waals surface area contributed by atoms with Gasteiger partial charge >= 0.3 is 12.1 Å². The number of rotatable bonds is 4. The number of aryl methyl sites for hydroxylation is 1. The molecule has 0 amide bonds. The quantitative estimate of drug-likeness (QED) is 0.833. The molecule has 0 radical (unpaired) electrons. The minimum Gasteiger partial charge on any atom is -0.459 e. The molecule has 0 aliphatic heterocycles. The number of carbonyl (C=O) groups excluding carboxylic acids is 1. The third-order valence-corrected chi connectivity index (χ3v) is 2.07. The van der Waals surface area contributed by atoms with Gasteiger partial charge in [-0.3, -0.25) is 0 Å². The summed E-state index contributed by atoms with van der Waals surface area (Å²) in [5.74, 6) is -0.599. The Morgan fingerprint density at radius 2 is 2.06 bits per heavy atom. The Morgan fingerprint density at radius 3 is 2.59 bits per heavy atom. The number of H-pyrrole nitrogens is 1. The molecule has 96 valence electrons. The van der Waals surface area contributed by atoms with Gasteiger partial charge in [-0.05, 0) is 25.8 Å². The normalized spacial score (nSPS) is 11.9. The topological polar surface area (TPSA) is 42.1 Å². The molecule has 1 rings (SSSR count). The molecule has 0 aliphatic carbocycles. The Labute approximate surface area is 97.0 Å². The Morgan fingerprint density at radius 1 is 1.41 bits per heavy atom. The number of halogens is 3. The summed E-state index contributed by atoms with van der Waals surface area (Å²) < 4.78 is 41.1. The number of hydrogen-bond donors (Lipinski definition) is 1. The lowest BCUT2D eigenvalue weighted by Crippen LogP contribution is -2.14. The summed E-state index contributed by atoms with van der Waals surface area (Å²) in [6.07, 6.45) is -2.95. The van der Waals surface area contributed by atoms with Gasteiger partial charge in [-0.15, -0.1) is 0 Å². The molecule has 0 unspecified atom stereocenters. The van der Waals surface area contributed by atoms with E-state index >= 15 is 0 Å². The monoisotopic (exact) mass is 249 g/mol. The average Bonchev–Trinajstić information content (AvgIpc) is 2.60. The van der Waals surface area contributed by atoms with E-state index in [0.29, 0.717) is 5.56 Å². The lowest BCUT2D eigenvalue weighted by molar-refractivity contribution is -0.134. The third-order valence-electron chi connectivity index (χ3n) is 2.07. The zero-order chi connectivity index (χ0) is 13.1. The maximum Gasteiger partial charge on any atom is 0.389 e. The second-order valence-electron chi connectivity index (χ2n) is 3.96. The van der Waals surface area contributed by atoms with E-state index in [9.17, 15) is 18.0 Å². The molecule has 0 bridgehead atoms. The molecule has 0 aliphatic rings. The van der Waals surface area contributed by atoms with Gasteiger partial charge in [-0.25, -0.2) is 4.79 Å². The molecule has 6 heteroatoms. The molecule has 0 fully saturated rings. The van der Waals surface area contributed by atoms with Crippen molar-refractivity contribution in [3.8, 4) is 0 Å². The molecule has 3 nitrogen and oxygen atoms in total. The predicted octanol–water partition coefficient (Wildman–Crippen LogP) is 3.07. The second kappa shape index (κ2) is 5.25. The van der Waals surface area contributed by atoms with E-state index in [0.717, 1.165) is 0 Å². The first-order chi connectivity index (χ1) is 7.79. The van der Waals surface area contributed by atoms with Gasteiger partial charge in [-0.2, -0.15) is 13.2 Å². The number of esters is 1. The van der Waals surface area contributed by atoms with Gasteiger partial charge in [0, 0.05) is 18.8 Å². The molecule has 0 aromatic carbocycles. The van der Waals surface area contributed by atoms with Crippen LogP contribution in [0.2, 0.25) is 0 Å². The van der Waals surface area contributed by atoms with Crippen LogP contribution >= 0.6 is 0 Å². The predicted molar refractivity (Wildman–Crippen MR) is 55.7 cm³/mol. The maximum absolute atomic E-state index is 12.1. The van der Waals surface area contributed by atoms with Gasteiger partial charge < -0.3 is 9.72 Å². The number of aromatic amines is 1. The van der Waals surface area contributed by atoms with E-state index in [1.165, 1.54) is 12.4 Å². The third kappa shape index (κ3) is 4.50. The van der Waals surface area contributed by atoms with Gasteiger partial charge in [0.25, 0.3) is 0 Å². The number of hydrogen-bond acceptors (Lipinski definition) is 2. The van der Waals surface area contributed by atoms with Gasteiger partial charge in [0.15, 0.2) is 0 Å². The first-order valence-electron chi connectivity index (χ1n) is 5.23. The van der Waals surface area contributed by atoms with Crippen LogP contribution in [0.15, 0.2) is 12.4 Å². The zero-order valence-electron chi connectivity index (χ0n) is 9.60. The Hall–Kier alpha value is -1.46. The van der Waals surface area contributed by atoms with Crippen molar-refractivity contribution in [2.75, 3.05) is 0 Å². The smallest absolute Gasteiger partial charge is 0.389 e. The summed E-state index contributed by atoms with van der Waals surface area (Å²) in [6.45, 7) is 3.36. The van der Waals surface area contributed by atoms with Crippen LogP contribution < -0.4 is 0 Å². The van der Waals surface area contributed by atoms with Crippen molar-refractivity contribution in [2.24, 2.45) is 0 Å². The largest absolute Gasteiger partial charge is 0.459 e. The van der Waals surface area contributed by atoms with Crippen LogP contribution in [0.1, 0.15) is 36.2 Å². The minimum atomic E-state index is -4.23. The first kappa shape index (κ1) is 13.6. The van der Waals surface area contributed by atoms with E-state index in [2.05, 4.69) is 4.98 Å². The van der Waals surface area contributed by atoms with Gasteiger partial charge in [-0.1, -0.05) is 0 Å². The van der Waals surface area contributed by atoms with E-state index in [1.54, 1.807) is 13.8 Å². The van der Waals surface area contributed by atoms with E-state index < -0.39 is 18.6 Å². The minimum absolute atomic E-state index is 0.169. The number of nitrogens with one attached hydrogen (secondary N) is 1. The number of aromatic nitrogens is 1. The van der Waals surface area contributed by atoms with Crippen LogP contribution in [-0.4, -0.2) is 23.2 Å². The van der Waals surface area contributed by atoms with Crippen LogP contribution in [0.5, 0.6) is 0 Å².